The molecule has 7 nitrogen and oxygen atoms in total. The maximum atomic E-state index is 13.6. The van der Waals surface area contributed by atoms with E-state index in [0.29, 0.717) is 16.4 Å². The van der Waals surface area contributed by atoms with Gasteiger partial charge >= 0.3 is 0 Å². The van der Waals surface area contributed by atoms with Crippen molar-refractivity contribution >= 4 is 50.1 Å². The van der Waals surface area contributed by atoms with Crippen molar-refractivity contribution in [2.75, 3.05) is 9.80 Å². The molecule has 0 bridgehead atoms. The number of imide groups is 1. The van der Waals surface area contributed by atoms with E-state index in [4.69, 9.17) is 4.98 Å². The van der Waals surface area contributed by atoms with E-state index in [1.807, 2.05) is 31.2 Å². The number of benzene rings is 2. The number of thiazole rings is 1. The van der Waals surface area contributed by atoms with Gasteiger partial charge in [-0.25, -0.2) is 4.98 Å². The maximum absolute atomic E-state index is 13.6. The molecule has 2 aromatic heterocycles. The lowest BCUT2D eigenvalue weighted by Gasteiger charge is -2.20. The molecule has 4 aromatic rings. The number of aryl methyl sites for hydroxylation is 2. The molecule has 0 unspecified atom stereocenters. The molecular weight excluding hydrogens is 448 g/mol. The highest BCUT2D eigenvalue weighted by Gasteiger charge is 2.30. The minimum absolute atomic E-state index is 0.216. The molecule has 0 aliphatic carbocycles. The van der Waals surface area contributed by atoms with Gasteiger partial charge < -0.3 is 0 Å². The van der Waals surface area contributed by atoms with Crippen LogP contribution in [0.1, 0.15) is 40.0 Å². The lowest BCUT2D eigenvalue weighted by Crippen LogP contribution is -2.31. The van der Waals surface area contributed by atoms with Crippen LogP contribution < -0.4 is 9.80 Å². The number of pyridine rings is 1. The first-order chi connectivity index (χ1) is 16.4. The monoisotopic (exact) mass is 470 g/mol. The zero-order valence-electron chi connectivity index (χ0n) is 18.8. The quantitative estimate of drug-likeness (QED) is 0.391. The van der Waals surface area contributed by atoms with E-state index in [2.05, 4.69) is 18.0 Å². The van der Waals surface area contributed by atoms with Crippen molar-refractivity contribution in [3.63, 3.8) is 0 Å². The number of hydrogen-bond acceptors (Lipinski definition) is 6. The first-order valence-electron chi connectivity index (χ1n) is 11.0. The topological polar surface area (TPSA) is 83.5 Å². The number of aromatic nitrogens is 2. The summed E-state index contributed by atoms with van der Waals surface area (Å²) in [5, 5.41) is 0.588. The van der Waals surface area contributed by atoms with Gasteiger partial charge in [0, 0.05) is 24.6 Å². The van der Waals surface area contributed by atoms with Gasteiger partial charge in [-0.1, -0.05) is 17.4 Å². The normalized spacial score (nSPS) is 13.6. The lowest BCUT2D eigenvalue weighted by atomic mass is 10.1. The summed E-state index contributed by atoms with van der Waals surface area (Å²) >= 11 is 1.46. The van der Waals surface area contributed by atoms with Gasteiger partial charge in [-0.2, -0.15) is 0 Å². The second-order valence-corrected chi connectivity index (χ2v) is 9.29. The molecule has 34 heavy (non-hydrogen) atoms. The molecule has 5 rings (SSSR count). The maximum Gasteiger partial charge on any atom is 0.260 e. The number of carbonyl (C=O) groups is 3. The fraction of sp³-hybridized carbons (Fsp3) is 0.192. The summed E-state index contributed by atoms with van der Waals surface area (Å²) in [6.45, 7) is 4.37. The summed E-state index contributed by atoms with van der Waals surface area (Å²) in [7, 11) is 0. The summed E-state index contributed by atoms with van der Waals surface area (Å²) in [4.78, 5) is 49.7. The van der Waals surface area contributed by atoms with Crippen molar-refractivity contribution in [2.45, 2.75) is 33.2 Å². The van der Waals surface area contributed by atoms with Gasteiger partial charge in [0.15, 0.2) is 5.13 Å². The summed E-state index contributed by atoms with van der Waals surface area (Å²) < 4.78 is 1.01. The van der Waals surface area contributed by atoms with Crippen LogP contribution in [-0.2, 0) is 16.1 Å². The summed E-state index contributed by atoms with van der Waals surface area (Å²) in [6, 6.07) is 16.3. The van der Waals surface area contributed by atoms with E-state index in [9.17, 15) is 14.4 Å². The molecule has 0 atom stereocenters. The largest absolute Gasteiger partial charge is 0.278 e. The van der Waals surface area contributed by atoms with Crippen molar-refractivity contribution in [2.24, 2.45) is 0 Å². The second kappa shape index (κ2) is 8.79. The fourth-order valence-corrected chi connectivity index (χ4v) is 4.98. The van der Waals surface area contributed by atoms with Gasteiger partial charge in [-0.3, -0.25) is 29.2 Å². The van der Waals surface area contributed by atoms with Crippen molar-refractivity contribution in [1.29, 1.82) is 0 Å². The van der Waals surface area contributed by atoms with Crippen LogP contribution >= 0.6 is 11.3 Å². The van der Waals surface area contributed by atoms with E-state index in [1.54, 1.807) is 35.4 Å². The third-order valence-corrected chi connectivity index (χ3v) is 6.98. The first-order valence-corrected chi connectivity index (χ1v) is 11.8. The predicted molar refractivity (Wildman–Crippen MR) is 132 cm³/mol. The molecule has 2 aromatic carbocycles. The summed E-state index contributed by atoms with van der Waals surface area (Å²) in [5.41, 5.74) is 4.83. The van der Waals surface area contributed by atoms with Crippen molar-refractivity contribution in [3.05, 3.63) is 83.2 Å². The second-order valence-electron chi connectivity index (χ2n) is 8.28. The molecule has 0 spiro atoms. The first kappa shape index (κ1) is 21.9. The molecule has 1 saturated heterocycles. The number of fused-ring (bicyclic) bond motifs is 1. The zero-order valence-corrected chi connectivity index (χ0v) is 19.6. The number of hydrogen-bond donors (Lipinski definition) is 0. The Kier molecular flexibility index (Phi) is 5.67. The lowest BCUT2D eigenvalue weighted by molar-refractivity contribution is -0.121. The number of amides is 3. The van der Waals surface area contributed by atoms with Crippen molar-refractivity contribution in [1.82, 2.24) is 9.97 Å². The third kappa shape index (κ3) is 4.08. The van der Waals surface area contributed by atoms with Crippen molar-refractivity contribution in [3.8, 4) is 0 Å². The minimum atomic E-state index is -0.233. The zero-order chi connectivity index (χ0) is 23.8. The van der Waals surface area contributed by atoms with Crippen LogP contribution in [0.5, 0.6) is 0 Å². The van der Waals surface area contributed by atoms with E-state index in [-0.39, 0.29) is 37.1 Å². The Bertz CT molecular complexity index is 1360. The Morgan fingerprint density at radius 2 is 1.71 bits per heavy atom. The van der Waals surface area contributed by atoms with Gasteiger partial charge in [0.2, 0.25) is 11.8 Å². The van der Waals surface area contributed by atoms with Gasteiger partial charge in [-0.05, 0) is 73.5 Å². The number of anilines is 2. The number of carbonyl (C=O) groups excluding carboxylic acids is 3. The van der Waals surface area contributed by atoms with Crippen LogP contribution in [0.15, 0.2) is 60.8 Å². The Labute approximate surface area is 200 Å². The molecular formula is C26H22N4O3S. The van der Waals surface area contributed by atoms with Crippen LogP contribution in [0.2, 0.25) is 0 Å². The van der Waals surface area contributed by atoms with Gasteiger partial charge in [0.25, 0.3) is 5.91 Å². The Hall–Kier alpha value is -3.91. The van der Waals surface area contributed by atoms with E-state index in [1.165, 1.54) is 21.8 Å². The molecule has 1 aliphatic heterocycles. The van der Waals surface area contributed by atoms with E-state index in [0.717, 1.165) is 21.5 Å². The summed E-state index contributed by atoms with van der Waals surface area (Å²) in [5.74, 6) is -0.675. The summed E-state index contributed by atoms with van der Waals surface area (Å²) in [6.07, 6.45) is 2.13. The average Bonchev–Trinajstić information content (AvgIpc) is 3.40. The SMILES string of the molecule is Cc1cc2nc(N(Cc3ccccn3)C(=O)c3ccc(N4C(=O)CCC4=O)cc3)sc2cc1C. The Balaban J connectivity index is 1.50. The third-order valence-electron chi connectivity index (χ3n) is 5.94. The van der Waals surface area contributed by atoms with Gasteiger partial charge in [0.05, 0.1) is 28.1 Å². The molecule has 1 fully saturated rings. The highest BCUT2D eigenvalue weighted by Crippen LogP contribution is 2.33. The number of nitrogens with zero attached hydrogens (tertiary/aromatic N) is 4. The van der Waals surface area contributed by atoms with Gasteiger partial charge in [-0.15, -0.1) is 0 Å². The Morgan fingerprint density at radius 3 is 2.38 bits per heavy atom. The molecule has 3 heterocycles. The fourth-order valence-electron chi connectivity index (χ4n) is 3.94. The molecule has 3 amide bonds. The molecule has 0 N–H and O–H groups in total. The average molecular weight is 471 g/mol. The molecule has 0 saturated carbocycles. The molecule has 1 aliphatic rings. The van der Waals surface area contributed by atoms with Crippen LogP contribution in [0.3, 0.4) is 0 Å². The van der Waals surface area contributed by atoms with Crippen LogP contribution in [0, 0.1) is 13.8 Å². The van der Waals surface area contributed by atoms with Crippen LogP contribution in [-0.4, -0.2) is 27.7 Å². The molecule has 8 heteroatoms. The highest BCUT2D eigenvalue weighted by atomic mass is 32.1. The Morgan fingerprint density at radius 1 is 1.00 bits per heavy atom. The van der Waals surface area contributed by atoms with E-state index < -0.39 is 0 Å². The number of rotatable bonds is 5. The van der Waals surface area contributed by atoms with Crippen molar-refractivity contribution < 1.29 is 14.4 Å². The van der Waals surface area contributed by atoms with Crippen LogP contribution in [0.4, 0.5) is 10.8 Å². The minimum Gasteiger partial charge on any atom is -0.278 e. The van der Waals surface area contributed by atoms with Gasteiger partial charge in [0.1, 0.15) is 0 Å². The predicted octanol–water partition coefficient (Wildman–Crippen LogP) is 4.81. The smallest absolute Gasteiger partial charge is 0.260 e. The molecule has 0 radical (unpaired) electrons. The molecule has 170 valence electrons. The van der Waals surface area contributed by atoms with E-state index >= 15 is 0 Å². The standard InChI is InChI=1S/C26H22N4O3S/c1-16-13-21-22(14-17(16)2)34-26(28-21)29(15-19-5-3-4-12-27-19)25(33)18-6-8-20(9-7-18)30-23(31)10-11-24(30)32/h3-9,12-14H,10-11,15H2,1-2H3. The van der Waals surface area contributed by atoms with Crippen LogP contribution in [0.25, 0.3) is 10.2 Å². The highest BCUT2D eigenvalue weighted by molar-refractivity contribution is 7.22.